The molecule has 0 spiro atoms. The quantitative estimate of drug-likeness (QED) is 0.742. The van der Waals surface area contributed by atoms with Gasteiger partial charge in [0.25, 0.3) is 0 Å². The summed E-state index contributed by atoms with van der Waals surface area (Å²) in [5.74, 6) is 0.879. The first-order chi connectivity index (χ1) is 10.6. The molecule has 0 saturated carbocycles. The summed E-state index contributed by atoms with van der Waals surface area (Å²) < 4.78 is 6.11. The van der Waals surface area contributed by atoms with Crippen LogP contribution < -0.4 is 4.74 Å². The summed E-state index contributed by atoms with van der Waals surface area (Å²) in [5.41, 5.74) is 0.794. The van der Waals surface area contributed by atoms with E-state index in [0.29, 0.717) is 10.0 Å². The van der Waals surface area contributed by atoms with Crippen LogP contribution in [0.2, 0.25) is 10.0 Å². The molecule has 2 aromatic carbocycles. The minimum Gasteiger partial charge on any atom is -0.506 e. The van der Waals surface area contributed by atoms with E-state index in [1.54, 1.807) is 18.2 Å². The normalized spacial score (nSPS) is 20.8. The molecule has 0 aromatic heterocycles. The SMILES string of the molecule is Oc1c(Cl)cccc1C1C=CCCC1Oc1ccc(Cl)cc1. The van der Waals surface area contributed by atoms with E-state index in [1.165, 1.54) is 0 Å². The predicted molar refractivity (Wildman–Crippen MR) is 90.1 cm³/mol. The van der Waals surface area contributed by atoms with Gasteiger partial charge in [-0.05, 0) is 43.2 Å². The Kier molecular flexibility index (Phi) is 4.60. The maximum absolute atomic E-state index is 10.2. The Morgan fingerprint density at radius 1 is 1.05 bits per heavy atom. The molecule has 0 amide bonds. The fourth-order valence-electron chi connectivity index (χ4n) is 2.73. The van der Waals surface area contributed by atoms with Crippen molar-refractivity contribution in [3.8, 4) is 11.5 Å². The number of hydrogen-bond donors (Lipinski definition) is 1. The summed E-state index contributed by atoms with van der Waals surface area (Å²) in [5, 5.41) is 11.3. The van der Waals surface area contributed by atoms with Crippen molar-refractivity contribution < 1.29 is 9.84 Å². The molecule has 22 heavy (non-hydrogen) atoms. The highest BCUT2D eigenvalue weighted by Crippen LogP contribution is 2.39. The lowest BCUT2D eigenvalue weighted by Gasteiger charge is -2.29. The third-order valence-corrected chi connectivity index (χ3v) is 4.40. The molecule has 0 fully saturated rings. The molecular formula is C18H16Cl2O2. The van der Waals surface area contributed by atoms with Gasteiger partial charge in [0.2, 0.25) is 0 Å². The average molecular weight is 335 g/mol. The number of benzene rings is 2. The molecule has 1 aliphatic carbocycles. The van der Waals surface area contributed by atoms with Gasteiger partial charge >= 0.3 is 0 Å². The van der Waals surface area contributed by atoms with Crippen LogP contribution in [0.5, 0.6) is 11.5 Å². The van der Waals surface area contributed by atoms with E-state index in [4.69, 9.17) is 27.9 Å². The number of phenolic OH excluding ortho intramolecular Hbond substituents is 1. The molecule has 2 nitrogen and oxygen atoms in total. The van der Waals surface area contributed by atoms with Gasteiger partial charge in [0.05, 0.1) is 5.02 Å². The molecule has 0 heterocycles. The van der Waals surface area contributed by atoms with Crippen LogP contribution in [0.4, 0.5) is 0 Å². The Hall–Kier alpha value is -1.64. The summed E-state index contributed by atoms with van der Waals surface area (Å²) in [4.78, 5) is 0. The van der Waals surface area contributed by atoms with Crippen molar-refractivity contribution in [2.45, 2.75) is 24.9 Å². The Bertz CT molecular complexity index is 680. The number of rotatable bonds is 3. The third kappa shape index (κ3) is 3.23. The van der Waals surface area contributed by atoms with Crippen LogP contribution in [0.25, 0.3) is 0 Å². The molecule has 2 unspecified atom stereocenters. The number of hydrogen-bond acceptors (Lipinski definition) is 2. The number of para-hydroxylation sites is 1. The second kappa shape index (κ2) is 6.64. The van der Waals surface area contributed by atoms with Crippen molar-refractivity contribution >= 4 is 23.2 Å². The molecule has 0 aliphatic heterocycles. The minimum absolute atomic E-state index is 0.0249. The van der Waals surface area contributed by atoms with Crippen molar-refractivity contribution in [1.29, 1.82) is 0 Å². The lowest BCUT2D eigenvalue weighted by Crippen LogP contribution is -2.26. The smallest absolute Gasteiger partial charge is 0.138 e. The highest BCUT2D eigenvalue weighted by atomic mass is 35.5. The van der Waals surface area contributed by atoms with Gasteiger partial charge in [-0.25, -0.2) is 0 Å². The molecule has 0 bridgehead atoms. The molecule has 2 aromatic rings. The van der Waals surface area contributed by atoms with E-state index in [9.17, 15) is 5.11 Å². The zero-order chi connectivity index (χ0) is 15.5. The number of aromatic hydroxyl groups is 1. The van der Waals surface area contributed by atoms with Gasteiger partial charge in [-0.15, -0.1) is 0 Å². The largest absolute Gasteiger partial charge is 0.506 e. The molecule has 1 aliphatic rings. The van der Waals surface area contributed by atoms with Crippen LogP contribution in [-0.2, 0) is 0 Å². The summed E-state index contributed by atoms with van der Waals surface area (Å²) in [6.45, 7) is 0. The highest BCUT2D eigenvalue weighted by Gasteiger charge is 2.27. The van der Waals surface area contributed by atoms with Crippen molar-refractivity contribution in [3.05, 3.63) is 70.2 Å². The van der Waals surface area contributed by atoms with Crippen LogP contribution in [0.3, 0.4) is 0 Å². The van der Waals surface area contributed by atoms with Crippen LogP contribution in [0.1, 0.15) is 24.3 Å². The Morgan fingerprint density at radius 2 is 1.82 bits per heavy atom. The molecule has 4 heteroatoms. The van der Waals surface area contributed by atoms with Crippen LogP contribution in [0, 0.1) is 0 Å². The second-order valence-corrected chi connectivity index (χ2v) is 6.16. The number of allylic oxidation sites excluding steroid dienone is 1. The van der Waals surface area contributed by atoms with Gasteiger partial charge in [0, 0.05) is 16.5 Å². The van der Waals surface area contributed by atoms with E-state index in [1.807, 2.05) is 24.3 Å². The van der Waals surface area contributed by atoms with Gasteiger partial charge in [-0.2, -0.15) is 0 Å². The highest BCUT2D eigenvalue weighted by molar-refractivity contribution is 6.32. The molecule has 2 atom stereocenters. The topological polar surface area (TPSA) is 29.5 Å². The first-order valence-electron chi connectivity index (χ1n) is 7.21. The van der Waals surface area contributed by atoms with Crippen molar-refractivity contribution in [2.75, 3.05) is 0 Å². The first-order valence-corrected chi connectivity index (χ1v) is 7.97. The average Bonchev–Trinajstić information content (AvgIpc) is 2.53. The van der Waals surface area contributed by atoms with Crippen LogP contribution in [0.15, 0.2) is 54.6 Å². The number of ether oxygens (including phenoxy) is 1. The van der Waals surface area contributed by atoms with Crippen molar-refractivity contribution in [1.82, 2.24) is 0 Å². The lowest BCUT2D eigenvalue weighted by molar-refractivity contribution is 0.170. The van der Waals surface area contributed by atoms with Crippen molar-refractivity contribution in [2.24, 2.45) is 0 Å². The monoisotopic (exact) mass is 334 g/mol. The molecule has 114 valence electrons. The van der Waals surface area contributed by atoms with Gasteiger partial charge in [-0.3, -0.25) is 0 Å². The number of phenols is 1. The van der Waals surface area contributed by atoms with E-state index in [-0.39, 0.29) is 17.8 Å². The first kappa shape index (κ1) is 15.3. The zero-order valence-electron chi connectivity index (χ0n) is 11.9. The molecular weight excluding hydrogens is 319 g/mol. The second-order valence-electron chi connectivity index (χ2n) is 5.32. The van der Waals surface area contributed by atoms with Crippen LogP contribution >= 0.6 is 23.2 Å². The Balaban J connectivity index is 1.88. The fraction of sp³-hybridized carbons (Fsp3) is 0.222. The Morgan fingerprint density at radius 3 is 2.59 bits per heavy atom. The predicted octanol–water partition coefficient (Wildman–Crippen LogP) is 5.58. The lowest BCUT2D eigenvalue weighted by atomic mass is 9.86. The summed E-state index contributed by atoms with van der Waals surface area (Å²) in [6.07, 6.45) is 5.99. The van der Waals surface area contributed by atoms with E-state index in [2.05, 4.69) is 12.2 Å². The molecule has 0 radical (unpaired) electrons. The van der Waals surface area contributed by atoms with Crippen molar-refractivity contribution in [3.63, 3.8) is 0 Å². The molecule has 3 rings (SSSR count). The summed E-state index contributed by atoms with van der Waals surface area (Å²) in [7, 11) is 0. The Labute approximate surface area is 139 Å². The van der Waals surface area contributed by atoms with Crippen LogP contribution in [-0.4, -0.2) is 11.2 Å². The minimum atomic E-state index is -0.0458. The third-order valence-electron chi connectivity index (χ3n) is 3.84. The van der Waals surface area contributed by atoms with E-state index < -0.39 is 0 Å². The standard InChI is InChI=1S/C18H16Cl2O2/c19-12-8-10-13(11-9-12)22-17-7-2-1-4-14(17)15-5-3-6-16(20)18(15)21/h1,3-6,8-11,14,17,21H,2,7H2. The molecule has 0 saturated heterocycles. The summed E-state index contributed by atoms with van der Waals surface area (Å²) in [6, 6.07) is 12.7. The summed E-state index contributed by atoms with van der Waals surface area (Å²) >= 11 is 11.9. The van der Waals surface area contributed by atoms with Gasteiger partial charge in [-0.1, -0.05) is 47.5 Å². The zero-order valence-corrected chi connectivity index (χ0v) is 13.4. The molecule has 1 N–H and O–H groups in total. The van der Waals surface area contributed by atoms with E-state index in [0.717, 1.165) is 24.2 Å². The maximum Gasteiger partial charge on any atom is 0.138 e. The van der Waals surface area contributed by atoms with Gasteiger partial charge < -0.3 is 9.84 Å². The van der Waals surface area contributed by atoms with Gasteiger partial charge in [0.1, 0.15) is 17.6 Å². The van der Waals surface area contributed by atoms with Gasteiger partial charge in [0.15, 0.2) is 0 Å². The fourth-order valence-corrected chi connectivity index (χ4v) is 3.04. The number of halogens is 2. The van der Waals surface area contributed by atoms with E-state index >= 15 is 0 Å². The maximum atomic E-state index is 10.2.